The maximum Gasteiger partial charge on any atom is 0.329 e. The summed E-state index contributed by atoms with van der Waals surface area (Å²) in [5.41, 5.74) is -0.523. The minimum Gasteiger partial charge on any atom is -0.484 e. The molecular formula is C19H27N3O6. The molecule has 0 heterocycles. The van der Waals surface area contributed by atoms with Crippen LogP contribution in [0, 0.1) is 0 Å². The van der Waals surface area contributed by atoms with E-state index in [0.29, 0.717) is 5.75 Å². The molecule has 2 atom stereocenters. The predicted octanol–water partition coefficient (Wildman–Crippen LogP) is 1.13. The van der Waals surface area contributed by atoms with Crippen molar-refractivity contribution in [2.24, 2.45) is 0 Å². The van der Waals surface area contributed by atoms with Crippen molar-refractivity contribution < 1.29 is 28.7 Å². The van der Waals surface area contributed by atoms with Gasteiger partial charge in [-0.2, -0.15) is 0 Å². The topological polar surface area (TPSA) is 123 Å². The fourth-order valence-electron chi connectivity index (χ4n) is 1.92. The van der Waals surface area contributed by atoms with Crippen molar-refractivity contribution in [2.75, 3.05) is 6.61 Å². The van der Waals surface area contributed by atoms with Crippen molar-refractivity contribution in [3.05, 3.63) is 30.3 Å². The monoisotopic (exact) mass is 393 g/mol. The van der Waals surface area contributed by atoms with Gasteiger partial charge in [0.25, 0.3) is 11.8 Å². The van der Waals surface area contributed by atoms with Crippen LogP contribution < -0.4 is 20.7 Å². The van der Waals surface area contributed by atoms with Gasteiger partial charge in [-0.3, -0.25) is 14.9 Å². The lowest BCUT2D eigenvalue weighted by Crippen LogP contribution is -2.51. The summed E-state index contributed by atoms with van der Waals surface area (Å²) >= 11 is 0. The molecule has 9 heteroatoms. The third-order valence-electron chi connectivity index (χ3n) is 3.23. The highest BCUT2D eigenvalue weighted by molar-refractivity contribution is 5.97. The van der Waals surface area contributed by atoms with Crippen molar-refractivity contribution in [1.82, 2.24) is 16.0 Å². The molecule has 9 nitrogen and oxygen atoms in total. The Hall–Kier alpha value is -3.10. The number of amides is 4. The highest BCUT2D eigenvalue weighted by atomic mass is 16.5. The molecule has 0 aliphatic rings. The van der Waals surface area contributed by atoms with Gasteiger partial charge in [0.05, 0.1) is 0 Å². The first-order valence-electron chi connectivity index (χ1n) is 8.78. The lowest BCUT2D eigenvalue weighted by Gasteiger charge is -2.21. The minimum absolute atomic E-state index is 0.273. The molecule has 0 unspecified atom stereocenters. The van der Waals surface area contributed by atoms with Crippen LogP contribution in [0.5, 0.6) is 5.75 Å². The van der Waals surface area contributed by atoms with Crippen LogP contribution in [0.2, 0.25) is 0 Å². The summed E-state index contributed by atoms with van der Waals surface area (Å²) in [7, 11) is 0. The summed E-state index contributed by atoms with van der Waals surface area (Å²) in [4.78, 5) is 47.5. The maximum atomic E-state index is 12.0. The predicted molar refractivity (Wildman–Crippen MR) is 102 cm³/mol. The van der Waals surface area contributed by atoms with Crippen molar-refractivity contribution in [2.45, 2.75) is 52.3 Å². The van der Waals surface area contributed by atoms with E-state index in [1.165, 1.54) is 13.8 Å². The Morgan fingerprint density at radius 2 is 1.64 bits per heavy atom. The van der Waals surface area contributed by atoms with Gasteiger partial charge in [-0.25, -0.2) is 9.59 Å². The van der Waals surface area contributed by atoms with Gasteiger partial charge < -0.3 is 20.1 Å². The van der Waals surface area contributed by atoms with Crippen LogP contribution in [0.4, 0.5) is 4.79 Å². The normalized spacial score (nSPS) is 12.9. The summed E-state index contributed by atoms with van der Waals surface area (Å²) in [5, 5.41) is 7.06. The number of nitrogens with one attached hydrogen (secondary N) is 3. The number of esters is 1. The quantitative estimate of drug-likeness (QED) is 0.597. The van der Waals surface area contributed by atoms with Gasteiger partial charge in [0.1, 0.15) is 11.8 Å². The Balaban J connectivity index is 2.40. The van der Waals surface area contributed by atoms with Crippen LogP contribution in [-0.2, 0) is 19.1 Å². The Bertz CT molecular complexity index is 699. The molecule has 1 aromatic carbocycles. The zero-order chi connectivity index (χ0) is 21.3. The van der Waals surface area contributed by atoms with Crippen LogP contribution >= 0.6 is 0 Å². The van der Waals surface area contributed by atoms with Gasteiger partial charge in [-0.1, -0.05) is 18.2 Å². The number of hydrogen-bond donors (Lipinski definition) is 3. The lowest BCUT2D eigenvalue weighted by atomic mass is 10.1. The summed E-state index contributed by atoms with van der Waals surface area (Å²) in [6.07, 6.45) is -1.21. The van der Waals surface area contributed by atoms with Gasteiger partial charge in [0.2, 0.25) is 0 Å². The van der Waals surface area contributed by atoms with Crippen LogP contribution in [0.1, 0.15) is 34.6 Å². The van der Waals surface area contributed by atoms with Gasteiger partial charge in [-0.15, -0.1) is 0 Å². The number of para-hydroxylation sites is 1. The van der Waals surface area contributed by atoms with Crippen LogP contribution in [0.15, 0.2) is 30.3 Å². The second-order valence-corrected chi connectivity index (χ2v) is 7.16. The molecule has 28 heavy (non-hydrogen) atoms. The Labute approximate surface area is 164 Å². The molecule has 3 N–H and O–H groups in total. The van der Waals surface area contributed by atoms with Crippen LogP contribution in [0.25, 0.3) is 0 Å². The SMILES string of the molecule is C[C@H](NC(=O)COc1ccccc1)C(=O)O[C@@H](C)C(=O)NC(=O)NC(C)(C)C. The van der Waals surface area contributed by atoms with E-state index in [-0.39, 0.29) is 6.61 Å². The highest BCUT2D eigenvalue weighted by Crippen LogP contribution is 2.07. The van der Waals surface area contributed by atoms with Crippen molar-refractivity contribution in [1.29, 1.82) is 0 Å². The van der Waals surface area contributed by atoms with E-state index in [2.05, 4.69) is 16.0 Å². The van der Waals surface area contributed by atoms with Crippen LogP contribution in [0.3, 0.4) is 0 Å². The average Bonchev–Trinajstić information content (AvgIpc) is 2.58. The number of benzene rings is 1. The number of hydrogen-bond acceptors (Lipinski definition) is 6. The maximum absolute atomic E-state index is 12.0. The molecule has 4 amide bonds. The van der Waals surface area contributed by atoms with E-state index in [0.717, 1.165) is 0 Å². The molecule has 0 spiro atoms. The molecule has 0 bridgehead atoms. The molecule has 0 radical (unpaired) electrons. The third-order valence-corrected chi connectivity index (χ3v) is 3.23. The molecule has 0 aliphatic heterocycles. The van der Waals surface area contributed by atoms with Crippen molar-refractivity contribution in [3.63, 3.8) is 0 Å². The average molecular weight is 393 g/mol. The van der Waals surface area contributed by atoms with Gasteiger partial charge in [0, 0.05) is 5.54 Å². The standard InChI is InChI=1S/C19H27N3O6/c1-12(20-15(23)11-27-14-9-7-6-8-10-14)17(25)28-13(2)16(24)21-18(26)22-19(3,4)5/h6-10,12-13H,11H2,1-5H3,(H,20,23)(H2,21,22,24,26)/t12-,13-/m0/s1. The van der Waals surface area contributed by atoms with Gasteiger partial charge in [-0.05, 0) is 46.8 Å². The number of ether oxygens (including phenoxy) is 2. The minimum atomic E-state index is -1.21. The van der Waals surface area contributed by atoms with Gasteiger partial charge >= 0.3 is 12.0 Å². The van der Waals surface area contributed by atoms with Crippen molar-refractivity contribution in [3.8, 4) is 5.75 Å². The number of urea groups is 1. The second-order valence-electron chi connectivity index (χ2n) is 7.16. The van der Waals surface area contributed by atoms with E-state index >= 15 is 0 Å². The number of rotatable bonds is 7. The zero-order valence-electron chi connectivity index (χ0n) is 16.7. The van der Waals surface area contributed by atoms with E-state index in [1.807, 2.05) is 6.07 Å². The zero-order valence-corrected chi connectivity index (χ0v) is 16.7. The first kappa shape index (κ1) is 22.9. The molecule has 0 aromatic heterocycles. The fourth-order valence-corrected chi connectivity index (χ4v) is 1.92. The number of imide groups is 1. The smallest absolute Gasteiger partial charge is 0.329 e. The molecule has 0 fully saturated rings. The first-order valence-corrected chi connectivity index (χ1v) is 8.78. The summed E-state index contributed by atoms with van der Waals surface area (Å²) in [6, 6.07) is 7.05. The molecular weight excluding hydrogens is 366 g/mol. The van der Waals surface area contributed by atoms with E-state index in [9.17, 15) is 19.2 Å². The highest BCUT2D eigenvalue weighted by Gasteiger charge is 2.25. The Morgan fingerprint density at radius 1 is 1.04 bits per heavy atom. The molecule has 0 saturated carbocycles. The largest absolute Gasteiger partial charge is 0.484 e. The summed E-state index contributed by atoms with van der Waals surface area (Å²) in [6.45, 7) is 7.74. The third kappa shape index (κ3) is 9.02. The summed E-state index contributed by atoms with van der Waals surface area (Å²) < 4.78 is 10.3. The number of carbonyl (C=O) groups is 4. The number of carbonyl (C=O) groups excluding carboxylic acids is 4. The lowest BCUT2D eigenvalue weighted by molar-refractivity contribution is -0.157. The first-order chi connectivity index (χ1) is 13.0. The van der Waals surface area contributed by atoms with E-state index in [4.69, 9.17) is 9.47 Å². The molecule has 0 aliphatic carbocycles. The summed E-state index contributed by atoms with van der Waals surface area (Å²) in [5.74, 6) is -1.59. The van der Waals surface area contributed by atoms with Crippen LogP contribution in [-0.4, -0.2) is 48.1 Å². The van der Waals surface area contributed by atoms with Crippen molar-refractivity contribution >= 4 is 23.8 Å². The Kier molecular flexibility index (Phi) is 8.43. The van der Waals surface area contributed by atoms with Gasteiger partial charge in [0.15, 0.2) is 12.7 Å². The van der Waals surface area contributed by atoms with E-state index < -0.39 is 41.5 Å². The molecule has 1 aromatic rings. The fraction of sp³-hybridized carbons (Fsp3) is 0.474. The Morgan fingerprint density at radius 3 is 2.21 bits per heavy atom. The second kappa shape index (κ2) is 10.3. The molecule has 154 valence electrons. The molecule has 1 rings (SSSR count). The molecule has 0 saturated heterocycles. The van der Waals surface area contributed by atoms with E-state index in [1.54, 1.807) is 45.0 Å².